The van der Waals surface area contributed by atoms with Crippen LogP contribution in [-0.4, -0.2) is 31.1 Å². The minimum atomic E-state index is -4.40. The van der Waals surface area contributed by atoms with Gasteiger partial charge in [-0.1, -0.05) is 11.6 Å². The maximum Gasteiger partial charge on any atom is 0.416 e. The van der Waals surface area contributed by atoms with Gasteiger partial charge in [-0.2, -0.15) is 24.5 Å². The third-order valence-corrected chi connectivity index (χ3v) is 4.86. The van der Waals surface area contributed by atoms with Crippen molar-refractivity contribution in [2.45, 2.75) is 12.2 Å². The molecule has 1 aromatic heterocycles. The number of halogens is 4. The van der Waals surface area contributed by atoms with E-state index in [-0.39, 0.29) is 11.1 Å². The lowest BCUT2D eigenvalue weighted by molar-refractivity contribution is -0.137. The van der Waals surface area contributed by atoms with Crippen molar-refractivity contribution < 1.29 is 13.2 Å². The van der Waals surface area contributed by atoms with Gasteiger partial charge in [0.2, 0.25) is 0 Å². The Balaban J connectivity index is 2.04. The Kier molecular flexibility index (Phi) is 4.96. The number of rotatable bonds is 3. The molecule has 0 bridgehead atoms. The number of piperazine rings is 1. The fraction of sp³-hybridized carbons (Fsp3) is 0.375. The molecule has 1 aliphatic heterocycles. The van der Waals surface area contributed by atoms with Crippen LogP contribution in [0.15, 0.2) is 35.0 Å². The second-order valence-corrected chi connectivity index (χ2v) is 6.73. The topological polar surface area (TPSA) is 15.3 Å². The van der Waals surface area contributed by atoms with Crippen LogP contribution in [0.4, 0.5) is 13.2 Å². The zero-order chi connectivity index (χ0) is 16.4. The van der Waals surface area contributed by atoms with Gasteiger partial charge < -0.3 is 5.32 Å². The molecular weight excluding hydrogens is 345 g/mol. The van der Waals surface area contributed by atoms with E-state index in [0.717, 1.165) is 37.8 Å². The van der Waals surface area contributed by atoms with Crippen molar-refractivity contribution in [3.8, 4) is 0 Å². The number of hydrogen-bond acceptors (Lipinski definition) is 3. The van der Waals surface area contributed by atoms with Gasteiger partial charge in [-0.3, -0.25) is 4.90 Å². The fourth-order valence-electron chi connectivity index (χ4n) is 2.92. The summed E-state index contributed by atoms with van der Waals surface area (Å²) in [5.74, 6) is 0. The fourth-order valence-corrected chi connectivity index (χ4v) is 3.84. The smallest absolute Gasteiger partial charge is 0.314 e. The summed E-state index contributed by atoms with van der Waals surface area (Å²) >= 11 is 7.52. The lowest BCUT2D eigenvalue weighted by Gasteiger charge is -2.35. The van der Waals surface area contributed by atoms with E-state index >= 15 is 0 Å². The van der Waals surface area contributed by atoms with Crippen molar-refractivity contribution in [3.05, 3.63) is 56.7 Å². The zero-order valence-electron chi connectivity index (χ0n) is 12.2. The maximum atomic E-state index is 13.1. The van der Waals surface area contributed by atoms with Crippen molar-refractivity contribution in [2.24, 2.45) is 0 Å². The summed E-state index contributed by atoms with van der Waals surface area (Å²) in [7, 11) is 0. The molecule has 0 saturated carbocycles. The highest BCUT2D eigenvalue weighted by molar-refractivity contribution is 7.08. The largest absolute Gasteiger partial charge is 0.416 e. The summed E-state index contributed by atoms with van der Waals surface area (Å²) < 4.78 is 39.3. The van der Waals surface area contributed by atoms with Crippen LogP contribution >= 0.6 is 22.9 Å². The molecule has 0 amide bonds. The number of alkyl halides is 3. The van der Waals surface area contributed by atoms with Crippen molar-refractivity contribution in [3.63, 3.8) is 0 Å². The Bertz CT molecular complexity index is 652. The van der Waals surface area contributed by atoms with Crippen LogP contribution in [0.25, 0.3) is 0 Å². The van der Waals surface area contributed by atoms with Gasteiger partial charge in [0.25, 0.3) is 0 Å². The third-order valence-electron chi connectivity index (χ3n) is 3.94. The van der Waals surface area contributed by atoms with Gasteiger partial charge in [-0.05, 0) is 46.2 Å². The first-order chi connectivity index (χ1) is 10.9. The zero-order valence-corrected chi connectivity index (χ0v) is 13.8. The summed E-state index contributed by atoms with van der Waals surface area (Å²) in [6.07, 6.45) is -4.40. The highest BCUT2D eigenvalue weighted by Crippen LogP contribution is 2.37. The van der Waals surface area contributed by atoms with Gasteiger partial charge in [0, 0.05) is 31.2 Å². The van der Waals surface area contributed by atoms with E-state index in [4.69, 9.17) is 11.6 Å². The highest BCUT2D eigenvalue weighted by atomic mass is 35.5. The van der Waals surface area contributed by atoms with Crippen LogP contribution in [0.5, 0.6) is 0 Å². The van der Waals surface area contributed by atoms with Crippen LogP contribution in [0.2, 0.25) is 5.02 Å². The van der Waals surface area contributed by atoms with Crippen LogP contribution in [0.3, 0.4) is 0 Å². The standard InChI is InChI=1S/C16H16ClF3N2S/c17-14-8-12(7-13(9-14)16(18,19)20)15(11-1-6-23-10-11)22-4-2-21-3-5-22/h1,6-10,15,21H,2-5H2/t15-/m1/s1. The first-order valence-corrected chi connectivity index (χ1v) is 8.62. The minimum Gasteiger partial charge on any atom is -0.314 e. The number of nitrogens with zero attached hydrogens (tertiary/aromatic N) is 1. The first kappa shape index (κ1) is 16.8. The van der Waals surface area contributed by atoms with Gasteiger partial charge in [-0.25, -0.2) is 0 Å². The molecule has 1 N–H and O–H groups in total. The molecule has 2 nitrogen and oxygen atoms in total. The lowest BCUT2D eigenvalue weighted by Crippen LogP contribution is -2.45. The molecule has 23 heavy (non-hydrogen) atoms. The number of nitrogens with one attached hydrogen (secondary N) is 1. The van der Waals surface area contributed by atoms with E-state index in [1.54, 1.807) is 17.4 Å². The molecule has 0 spiro atoms. The monoisotopic (exact) mass is 360 g/mol. The van der Waals surface area contributed by atoms with Gasteiger partial charge in [0.1, 0.15) is 0 Å². The summed E-state index contributed by atoms with van der Waals surface area (Å²) in [5.41, 5.74) is 0.896. The average molecular weight is 361 g/mol. The molecule has 1 saturated heterocycles. The molecule has 1 atom stereocenters. The first-order valence-electron chi connectivity index (χ1n) is 7.30. The second kappa shape index (κ2) is 6.81. The Morgan fingerprint density at radius 1 is 1.13 bits per heavy atom. The van der Waals surface area contributed by atoms with Crippen LogP contribution < -0.4 is 5.32 Å². The van der Waals surface area contributed by atoms with E-state index in [1.165, 1.54) is 6.07 Å². The summed E-state index contributed by atoms with van der Waals surface area (Å²) in [5, 5.41) is 7.32. The van der Waals surface area contributed by atoms with E-state index < -0.39 is 11.7 Å². The predicted molar refractivity (Wildman–Crippen MR) is 87.1 cm³/mol. The normalized spacial score (nSPS) is 18.1. The average Bonchev–Trinajstić information content (AvgIpc) is 3.01. The summed E-state index contributed by atoms with van der Waals surface area (Å²) in [6, 6.07) is 5.60. The van der Waals surface area contributed by atoms with Crippen LogP contribution in [-0.2, 0) is 6.18 Å². The molecule has 1 fully saturated rings. The number of benzene rings is 1. The van der Waals surface area contributed by atoms with Crippen molar-refractivity contribution >= 4 is 22.9 Å². The van der Waals surface area contributed by atoms with Gasteiger partial charge >= 0.3 is 6.18 Å². The quantitative estimate of drug-likeness (QED) is 0.872. The SMILES string of the molecule is FC(F)(F)c1cc(Cl)cc([C@@H](c2ccsc2)N2CCNCC2)c1. The molecule has 0 radical (unpaired) electrons. The van der Waals surface area contributed by atoms with Crippen molar-refractivity contribution in [1.29, 1.82) is 0 Å². The lowest BCUT2D eigenvalue weighted by atomic mass is 9.97. The van der Waals surface area contributed by atoms with E-state index in [0.29, 0.717) is 5.56 Å². The third kappa shape index (κ3) is 3.88. The Hall–Kier alpha value is -1.08. The van der Waals surface area contributed by atoms with E-state index in [1.807, 2.05) is 16.8 Å². The minimum absolute atomic E-state index is 0.116. The number of hydrogen-bond donors (Lipinski definition) is 1. The van der Waals surface area contributed by atoms with Gasteiger partial charge in [0.15, 0.2) is 0 Å². The summed E-state index contributed by atoms with van der Waals surface area (Å²) in [6.45, 7) is 3.23. The Morgan fingerprint density at radius 2 is 1.87 bits per heavy atom. The molecule has 1 aliphatic rings. The molecule has 0 unspecified atom stereocenters. The predicted octanol–water partition coefficient (Wildman–Crippen LogP) is 4.41. The van der Waals surface area contributed by atoms with E-state index in [2.05, 4.69) is 10.2 Å². The molecule has 1 aromatic carbocycles. The Labute approximate surface area is 141 Å². The van der Waals surface area contributed by atoms with E-state index in [9.17, 15) is 13.2 Å². The van der Waals surface area contributed by atoms with Gasteiger partial charge in [0.05, 0.1) is 11.6 Å². The molecule has 7 heteroatoms. The molecule has 2 heterocycles. The van der Waals surface area contributed by atoms with Crippen LogP contribution in [0.1, 0.15) is 22.7 Å². The molecule has 0 aliphatic carbocycles. The van der Waals surface area contributed by atoms with Crippen LogP contribution in [0, 0.1) is 0 Å². The molecule has 124 valence electrons. The second-order valence-electron chi connectivity index (χ2n) is 5.52. The molecular formula is C16H16ClF3N2S. The molecule has 2 aromatic rings. The summed E-state index contributed by atoms with van der Waals surface area (Å²) in [4.78, 5) is 2.20. The van der Waals surface area contributed by atoms with Gasteiger partial charge in [-0.15, -0.1) is 0 Å². The maximum absolute atomic E-state index is 13.1. The highest BCUT2D eigenvalue weighted by Gasteiger charge is 2.33. The molecule has 3 rings (SSSR count). The van der Waals surface area contributed by atoms with Crippen molar-refractivity contribution in [2.75, 3.05) is 26.2 Å². The Morgan fingerprint density at radius 3 is 2.48 bits per heavy atom. The number of thiophene rings is 1. The van der Waals surface area contributed by atoms with Crippen molar-refractivity contribution in [1.82, 2.24) is 10.2 Å².